The van der Waals surface area contributed by atoms with E-state index < -0.39 is 23.7 Å². The molecule has 1 aromatic heterocycles. The van der Waals surface area contributed by atoms with Crippen molar-refractivity contribution in [3.63, 3.8) is 0 Å². The fraction of sp³-hybridized carbons (Fsp3) is 0.304. The topological polar surface area (TPSA) is 88.9 Å². The first-order chi connectivity index (χ1) is 16.5. The number of hydrogen-bond acceptors (Lipinski definition) is 5. The van der Waals surface area contributed by atoms with E-state index >= 15 is 0 Å². The van der Waals surface area contributed by atoms with Crippen molar-refractivity contribution in [2.75, 3.05) is 11.1 Å². The summed E-state index contributed by atoms with van der Waals surface area (Å²) >= 11 is 7.21. The van der Waals surface area contributed by atoms with Gasteiger partial charge in [-0.3, -0.25) is 9.59 Å². The Kier molecular flexibility index (Phi) is 8.44. The minimum absolute atomic E-state index is 0.0357. The smallest absolute Gasteiger partial charge is 0.342 e. The van der Waals surface area contributed by atoms with E-state index in [0.717, 1.165) is 23.9 Å². The molecule has 3 rings (SSSR count). The summed E-state index contributed by atoms with van der Waals surface area (Å²) in [6.07, 6.45) is -4.50. The standard InChI is InChI=1S/C23H23ClF3N5O2S/c1-13(2)19(29-21(34)16-9-4-5-10-17(16)24)20-30-31-22(32(20)3)35-12-18(33)28-15-8-6-7-14(11-15)23(25,26)27/h4-11,13,19H,12H2,1-3H3,(H,28,33)(H,29,34)/t19-/m1/s1. The molecule has 0 aliphatic carbocycles. The number of halogens is 4. The minimum Gasteiger partial charge on any atom is -0.342 e. The van der Waals surface area contributed by atoms with Crippen LogP contribution in [0, 0.1) is 5.92 Å². The molecule has 7 nitrogen and oxygen atoms in total. The number of nitrogens with one attached hydrogen (secondary N) is 2. The van der Waals surface area contributed by atoms with Crippen LogP contribution in [0.15, 0.2) is 53.7 Å². The van der Waals surface area contributed by atoms with Gasteiger partial charge in [-0.1, -0.05) is 55.4 Å². The van der Waals surface area contributed by atoms with Crippen LogP contribution in [0.5, 0.6) is 0 Å². The average molecular weight is 526 g/mol. The minimum atomic E-state index is -4.50. The maximum Gasteiger partial charge on any atom is 0.416 e. The second kappa shape index (κ2) is 11.1. The Labute approximate surface area is 209 Å². The molecule has 2 aromatic carbocycles. The van der Waals surface area contributed by atoms with E-state index in [1.54, 1.807) is 35.9 Å². The van der Waals surface area contributed by atoms with Gasteiger partial charge in [0.15, 0.2) is 11.0 Å². The van der Waals surface area contributed by atoms with Crippen molar-refractivity contribution in [3.8, 4) is 0 Å². The van der Waals surface area contributed by atoms with E-state index in [2.05, 4.69) is 20.8 Å². The van der Waals surface area contributed by atoms with Gasteiger partial charge in [0.25, 0.3) is 5.91 Å². The summed E-state index contributed by atoms with van der Waals surface area (Å²) in [6, 6.07) is 10.6. The van der Waals surface area contributed by atoms with Gasteiger partial charge in [-0.05, 0) is 36.2 Å². The first-order valence-electron chi connectivity index (χ1n) is 10.5. The third-order valence-electron chi connectivity index (χ3n) is 5.02. The highest BCUT2D eigenvalue weighted by atomic mass is 35.5. The van der Waals surface area contributed by atoms with Crippen LogP contribution < -0.4 is 10.6 Å². The lowest BCUT2D eigenvalue weighted by atomic mass is 10.0. The SMILES string of the molecule is CC(C)[C@@H](NC(=O)c1ccccc1Cl)c1nnc(SCC(=O)Nc2cccc(C(F)(F)F)c2)n1C. The molecule has 0 fully saturated rings. The van der Waals surface area contributed by atoms with Gasteiger partial charge in [-0.15, -0.1) is 10.2 Å². The molecule has 2 amide bonds. The number of aromatic nitrogens is 3. The number of carbonyl (C=O) groups is 2. The number of hydrogen-bond donors (Lipinski definition) is 2. The third-order valence-corrected chi connectivity index (χ3v) is 6.37. The van der Waals surface area contributed by atoms with Gasteiger partial charge in [0, 0.05) is 12.7 Å². The van der Waals surface area contributed by atoms with Gasteiger partial charge in [-0.25, -0.2) is 0 Å². The highest BCUT2D eigenvalue weighted by Crippen LogP contribution is 2.31. The fourth-order valence-corrected chi connectivity index (χ4v) is 4.16. The molecular weight excluding hydrogens is 503 g/mol. The lowest BCUT2D eigenvalue weighted by molar-refractivity contribution is -0.137. The Bertz CT molecular complexity index is 1220. The zero-order valence-corrected chi connectivity index (χ0v) is 20.6. The van der Waals surface area contributed by atoms with Gasteiger partial charge in [0.1, 0.15) is 0 Å². The molecule has 0 saturated heterocycles. The van der Waals surface area contributed by atoms with Crippen LogP contribution in [-0.2, 0) is 18.0 Å². The number of anilines is 1. The van der Waals surface area contributed by atoms with Crippen LogP contribution in [0.3, 0.4) is 0 Å². The molecule has 0 aliphatic rings. The van der Waals surface area contributed by atoms with Crippen LogP contribution in [0.4, 0.5) is 18.9 Å². The molecule has 3 aromatic rings. The van der Waals surface area contributed by atoms with Crippen molar-refractivity contribution in [1.82, 2.24) is 20.1 Å². The highest BCUT2D eigenvalue weighted by molar-refractivity contribution is 7.99. The van der Waals surface area contributed by atoms with Crippen molar-refractivity contribution in [2.45, 2.75) is 31.2 Å². The summed E-state index contributed by atoms with van der Waals surface area (Å²) < 4.78 is 40.3. The monoisotopic (exact) mass is 525 g/mol. The number of benzene rings is 2. The number of alkyl halides is 3. The van der Waals surface area contributed by atoms with Crippen molar-refractivity contribution < 1.29 is 22.8 Å². The zero-order valence-electron chi connectivity index (χ0n) is 19.1. The summed E-state index contributed by atoms with van der Waals surface area (Å²) in [5.74, 6) is -0.494. The number of thioether (sulfide) groups is 1. The largest absolute Gasteiger partial charge is 0.416 e. The number of nitrogens with zero attached hydrogens (tertiary/aromatic N) is 3. The molecule has 1 heterocycles. The molecule has 0 spiro atoms. The van der Waals surface area contributed by atoms with Crippen LogP contribution >= 0.6 is 23.4 Å². The Morgan fingerprint density at radius 2 is 1.83 bits per heavy atom. The molecule has 1 atom stereocenters. The van der Waals surface area contributed by atoms with Gasteiger partial charge < -0.3 is 15.2 Å². The van der Waals surface area contributed by atoms with Crippen molar-refractivity contribution in [3.05, 3.63) is 70.5 Å². The molecule has 35 heavy (non-hydrogen) atoms. The van der Waals surface area contributed by atoms with E-state index in [-0.39, 0.29) is 23.3 Å². The normalized spacial score (nSPS) is 12.5. The van der Waals surface area contributed by atoms with E-state index in [0.29, 0.717) is 21.6 Å². The Balaban J connectivity index is 1.67. The lowest BCUT2D eigenvalue weighted by Gasteiger charge is -2.22. The Hall–Kier alpha value is -3.05. The third kappa shape index (κ3) is 6.76. The maximum atomic E-state index is 12.9. The quantitative estimate of drug-likeness (QED) is 0.387. The molecule has 0 unspecified atom stereocenters. The number of amides is 2. The molecule has 12 heteroatoms. The van der Waals surface area contributed by atoms with Crippen molar-refractivity contribution in [1.29, 1.82) is 0 Å². The van der Waals surface area contributed by atoms with Crippen LogP contribution in [0.2, 0.25) is 5.02 Å². The van der Waals surface area contributed by atoms with E-state index in [4.69, 9.17) is 11.6 Å². The van der Waals surface area contributed by atoms with E-state index in [1.807, 2.05) is 13.8 Å². The Morgan fingerprint density at radius 3 is 2.49 bits per heavy atom. The Morgan fingerprint density at radius 1 is 1.11 bits per heavy atom. The van der Waals surface area contributed by atoms with Gasteiger partial charge >= 0.3 is 6.18 Å². The van der Waals surface area contributed by atoms with Gasteiger partial charge in [0.2, 0.25) is 5.91 Å². The average Bonchev–Trinajstić information content (AvgIpc) is 3.15. The number of rotatable bonds is 8. The van der Waals surface area contributed by atoms with Gasteiger partial charge in [-0.2, -0.15) is 13.2 Å². The summed E-state index contributed by atoms with van der Waals surface area (Å²) in [5.41, 5.74) is -0.464. The van der Waals surface area contributed by atoms with Crippen molar-refractivity contribution in [2.24, 2.45) is 13.0 Å². The van der Waals surface area contributed by atoms with Gasteiger partial charge in [0.05, 0.1) is 27.9 Å². The summed E-state index contributed by atoms with van der Waals surface area (Å²) in [4.78, 5) is 25.1. The summed E-state index contributed by atoms with van der Waals surface area (Å²) in [6.45, 7) is 3.84. The lowest BCUT2D eigenvalue weighted by Crippen LogP contribution is -2.33. The van der Waals surface area contributed by atoms with E-state index in [1.165, 1.54) is 12.1 Å². The predicted octanol–water partition coefficient (Wildman–Crippen LogP) is 5.35. The summed E-state index contributed by atoms with van der Waals surface area (Å²) in [5, 5.41) is 14.4. The van der Waals surface area contributed by atoms with E-state index in [9.17, 15) is 22.8 Å². The first kappa shape index (κ1) is 26.6. The summed E-state index contributed by atoms with van der Waals surface area (Å²) in [7, 11) is 1.71. The maximum absolute atomic E-state index is 12.9. The molecule has 186 valence electrons. The van der Waals surface area contributed by atoms with Crippen LogP contribution in [-0.4, -0.2) is 32.3 Å². The first-order valence-corrected chi connectivity index (χ1v) is 11.9. The number of carbonyl (C=O) groups excluding carboxylic acids is 2. The predicted molar refractivity (Wildman–Crippen MR) is 128 cm³/mol. The fourth-order valence-electron chi connectivity index (χ4n) is 3.22. The molecule has 0 bridgehead atoms. The second-order valence-electron chi connectivity index (χ2n) is 7.99. The molecular formula is C23H23ClF3N5O2S. The van der Waals surface area contributed by atoms with Crippen LogP contribution in [0.1, 0.15) is 41.6 Å². The molecule has 0 saturated carbocycles. The molecule has 0 aliphatic heterocycles. The second-order valence-corrected chi connectivity index (χ2v) is 9.34. The van der Waals surface area contributed by atoms with Crippen LogP contribution in [0.25, 0.3) is 0 Å². The van der Waals surface area contributed by atoms with Crippen molar-refractivity contribution >= 4 is 40.9 Å². The zero-order chi connectivity index (χ0) is 25.8. The molecule has 0 radical (unpaired) electrons. The highest BCUT2D eigenvalue weighted by Gasteiger charge is 2.30. The molecule has 2 N–H and O–H groups in total.